The number of nitrogens with zero attached hydrogens (tertiary/aromatic N) is 5. The maximum absolute atomic E-state index is 13.3. The summed E-state index contributed by atoms with van der Waals surface area (Å²) in [6.45, 7) is 9.91. The number of alkyl halides is 3. The van der Waals surface area contributed by atoms with Gasteiger partial charge in [0.25, 0.3) is 0 Å². The Morgan fingerprint density at radius 3 is 2.64 bits per heavy atom. The van der Waals surface area contributed by atoms with Crippen molar-refractivity contribution < 1.29 is 13.2 Å². The number of hydrogen-bond acceptors (Lipinski definition) is 4. The fourth-order valence-electron chi connectivity index (χ4n) is 3.81. The molecule has 0 spiro atoms. The average Bonchev–Trinajstić information content (AvgIpc) is 3.12. The summed E-state index contributed by atoms with van der Waals surface area (Å²) in [5, 5.41) is 12.4. The third kappa shape index (κ3) is 4.21. The summed E-state index contributed by atoms with van der Waals surface area (Å²) in [6.07, 6.45) is -1.45. The van der Waals surface area contributed by atoms with Gasteiger partial charge in [-0.1, -0.05) is 26.0 Å². The van der Waals surface area contributed by atoms with Gasteiger partial charge in [-0.15, -0.1) is 5.10 Å². The van der Waals surface area contributed by atoms with Crippen LogP contribution in [0.25, 0.3) is 0 Å². The first-order valence-corrected chi connectivity index (χ1v) is 9.83. The lowest BCUT2D eigenvalue weighted by atomic mass is 9.94. The summed E-state index contributed by atoms with van der Waals surface area (Å²) in [5.41, 5.74) is -0.402. The molecule has 0 unspecified atom stereocenters. The Morgan fingerprint density at radius 2 is 2.00 bits per heavy atom. The minimum absolute atomic E-state index is 0.333. The van der Waals surface area contributed by atoms with E-state index in [4.69, 9.17) is 0 Å². The van der Waals surface area contributed by atoms with Gasteiger partial charge in [0, 0.05) is 6.54 Å². The molecule has 8 heteroatoms. The second-order valence-electron chi connectivity index (χ2n) is 8.38. The minimum Gasteiger partial charge on any atom is -0.289 e. The Morgan fingerprint density at radius 1 is 1.25 bits per heavy atom. The van der Waals surface area contributed by atoms with E-state index in [1.165, 1.54) is 12.1 Å². The van der Waals surface area contributed by atoms with Crippen LogP contribution in [0.4, 0.5) is 13.2 Å². The van der Waals surface area contributed by atoms with Crippen molar-refractivity contribution in [1.82, 2.24) is 25.1 Å². The van der Waals surface area contributed by atoms with E-state index in [9.17, 15) is 13.2 Å². The fourth-order valence-corrected chi connectivity index (χ4v) is 3.81. The highest BCUT2D eigenvalue weighted by atomic mass is 19.4. The molecule has 1 aromatic heterocycles. The lowest BCUT2D eigenvalue weighted by Crippen LogP contribution is -2.41. The second-order valence-corrected chi connectivity index (χ2v) is 8.38. The maximum Gasteiger partial charge on any atom is 0.416 e. The van der Waals surface area contributed by atoms with Crippen LogP contribution in [0.15, 0.2) is 24.3 Å². The highest BCUT2D eigenvalue weighted by Crippen LogP contribution is 2.36. The van der Waals surface area contributed by atoms with Gasteiger partial charge in [-0.05, 0) is 73.7 Å². The second kappa shape index (κ2) is 7.81. The Bertz CT molecular complexity index is 799. The molecule has 3 rings (SSSR count). The van der Waals surface area contributed by atoms with Crippen LogP contribution in [0.3, 0.4) is 0 Å². The predicted octanol–water partition coefficient (Wildman–Crippen LogP) is 4.66. The molecule has 0 aliphatic carbocycles. The molecule has 2 heterocycles. The van der Waals surface area contributed by atoms with Crippen LogP contribution < -0.4 is 0 Å². The molecular weight excluding hydrogens is 367 g/mol. The summed E-state index contributed by atoms with van der Waals surface area (Å²) in [4.78, 5) is 2.22. The lowest BCUT2D eigenvalue weighted by Gasteiger charge is -2.38. The van der Waals surface area contributed by atoms with E-state index in [-0.39, 0.29) is 5.54 Å². The van der Waals surface area contributed by atoms with Crippen LogP contribution in [0.1, 0.15) is 70.0 Å². The molecule has 28 heavy (non-hydrogen) atoms. The summed E-state index contributed by atoms with van der Waals surface area (Å²) in [7, 11) is 0. The van der Waals surface area contributed by atoms with Gasteiger partial charge in [-0.2, -0.15) is 13.2 Å². The summed E-state index contributed by atoms with van der Waals surface area (Å²) >= 11 is 0. The average molecular weight is 395 g/mol. The summed E-state index contributed by atoms with van der Waals surface area (Å²) in [5.74, 6) is 1.07. The molecule has 0 amide bonds. The zero-order valence-corrected chi connectivity index (χ0v) is 16.9. The third-order valence-corrected chi connectivity index (χ3v) is 5.76. The first-order valence-electron chi connectivity index (χ1n) is 9.83. The Hall–Kier alpha value is -1.96. The van der Waals surface area contributed by atoms with Crippen molar-refractivity contribution in [3.63, 3.8) is 0 Å². The van der Waals surface area contributed by atoms with Crippen LogP contribution in [0.5, 0.6) is 0 Å². The van der Waals surface area contributed by atoms with E-state index < -0.39 is 17.8 Å². The smallest absolute Gasteiger partial charge is 0.289 e. The van der Waals surface area contributed by atoms with Gasteiger partial charge in [0.1, 0.15) is 0 Å². The summed E-state index contributed by atoms with van der Waals surface area (Å²) in [6, 6.07) is 5.15. The first kappa shape index (κ1) is 20.8. The maximum atomic E-state index is 13.3. The molecule has 5 nitrogen and oxygen atoms in total. The van der Waals surface area contributed by atoms with E-state index in [0.29, 0.717) is 17.3 Å². The topological polar surface area (TPSA) is 46.8 Å². The Balaban J connectivity index is 2.11. The van der Waals surface area contributed by atoms with Crippen LogP contribution in [0, 0.1) is 5.92 Å². The number of hydrogen-bond donors (Lipinski definition) is 0. The molecule has 0 saturated carbocycles. The molecule has 1 aliphatic rings. The molecule has 1 saturated heterocycles. The quantitative estimate of drug-likeness (QED) is 0.739. The third-order valence-electron chi connectivity index (χ3n) is 5.76. The fraction of sp³-hybridized carbons (Fsp3) is 0.650. The van der Waals surface area contributed by atoms with Crippen molar-refractivity contribution >= 4 is 0 Å². The first-order chi connectivity index (χ1) is 13.1. The van der Waals surface area contributed by atoms with Crippen molar-refractivity contribution in [3.8, 4) is 0 Å². The molecule has 0 radical (unpaired) electrons. The highest BCUT2D eigenvalue weighted by Gasteiger charge is 2.36. The molecule has 0 bridgehead atoms. The van der Waals surface area contributed by atoms with Crippen LogP contribution in [-0.2, 0) is 11.7 Å². The van der Waals surface area contributed by atoms with E-state index in [1.54, 1.807) is 10.7 Å². The normalized spacial score (nSPS) is 20.3. The van der Waals surface area contributed by atoms with Crippen LogP contribution >= 0.6 is 0 Å². The molecule has 1 aliphatic heterocycles. The molecule has 154 valence electrons. The largest absolute Gasteiger partial charge is 0.416 e. The Kier molecular flexibility index (Phi) is 5.79. The lowest BCUT2D eigenvalue weighted by molar-refractivity contribution is -0.137. The zero-order chi connectivity index (χ0) is 20.5. The highest BCUT2D eigenvalue weighted by molar-refractivity contribution is 5.31. The van der Waals surface area contributed by atoms with Crippen LogP contribution in [-0.4, -0.2) is 38.2 Å². The van der Waals surface area contributed by atoms with Gasteiger partial charge in [0.2, 0.25) is 0 Å². The number of aromatic nitrogens is 4. The van der Waals surface area contributed by atoms with Crippen molar-refractivity contribution in [1.29, 1.82) is 0 Å². The summed E-state index contributed by atoms with van der Waals surface area (Å²) < 4.78 is 41.8. The number of piperidine rings is 1. The predicted molar refractivity (Wildman–Crippen MR) is 101 cm³/mol. The Labute approximate surface area is 163 Å². The van der Waals surface area contributed by atoms with E-state index in [1.807, 2.05) is 20.8 Å². The molecule has 1 aromatic carbocycles. The molecular formula is C20H28F3N5. The van der Waals surface area contributed by atoms with Crippen LogP contribution in [0.2, 0.25) is 0 Å². The van der Waals surface area contributed by atoms with Gasteiger partial charge in [-0.25, -0.2) is 4.68 Å². The minimum atomic E-state index is -4.38. The van der Waals surface area contributed by atoms with Gasteiger partial charge >= 0.3 is 6.18 Å². The van der Waals surface area contributed by atoms with Crippen molar-refractivity contribution in [3.05, 3.63) is 41.2 Å². The van der Waals surface area contributed by atoms with Gasteiger partial charge in [0.05, 0.1) is 17.1 Å². The van der Waals surface area contributed by atoms with Crippen molar-refractivity contribution in [2.45, 2.75) is 64.7 Å². The van der Waals surface area contributed by atoms with Gasteiger partial charge in [-0.3, -0.25) is 4.90 Å². The SMILES string of the molecule is CCC(C)(C)n1nnnc1[C@H](c1cccc(C(F)(F)F)c1)N1CCC[C@@H](C)C1. The zero-order valence-electron chi connectivity index (χ0n) is 16.9. The molecule has 1 fully saturated rings. The van der Waals surface area contributed by atoms with E-state index in [2.05, 4.69) is 27.3 Å². The van der Waals surface area contributed by atoms with Crippen molar-refractivity contribution in [2.24, 2.45) is 5.92 Å². The van der Waals surface area contributed by atoms with Crippen molar-refractivity contribution in [2.75, 3.05) is 13.1 Å². The van der Waals surface area contributed by atoms with Gasteiger partial charge < -0.3 is 0 Å². The number of halogens is 3. The van der Waals surface area contributed by atoms with E-state index in [0.717, 1.165) is 38.4 Å². The molecule has 0 N–H and O–H groups in total. The van der Waals surface area contributed by atoms with E-state index >= 15 is 0 Å². The number of benzene rings is 1. The molecule has 2 aromatic rings. The monoisotopic (exact) mass is 395 g/mol. The van der Waals surface area contributed by atoms with Gasteiger partial charge in [0.15, 0.2) is 5.82 Å². The standard InChI is InChI=1S/C20H28F3N5/c1-5-19(3,4)28-18(24-25-26-28)17(27-11-7-8-14(2)13-27)15-9-6-10-16(12-15)20(21,22)23/h6,9-10,12,14,17H,5,7-8,11,13H2,1-4H3/t14-,17+/m1/s1. The molecule has 2 atom stereocenters. The number of likely N-dealkylation sites (tertiary alicyclic amines) is 1. The number of tetrazole rings is 1. The number of rotatable bonds is 5.